The van der Waals surface area contributed by atoms with Crippen molar-refractivity contribution >= 4 is 39.9 Å². The van der Waals surface area contributed by atoms with Gasteiger partial charge in [-0.25, -0.2) is 9.78 Å². The maximum Gasteiger partial charge on any atom is 0.350 e. The third-order valence-corrected chi connectivity index (χ3v) is 7.32. The summed E-state index contributed by atoms with van der Waals surface area (Å²) in [7, 11) is 1.24. The molecular formula is C26H22N2O7S. The maximum absolute atomic E-state index is 13.3. The van der Waals surface area contributed by atoms with E-state index in [2.05, 4.69) is 4.98 Å². The summed E-state index contributed by atoms with van der Waals surface area (Å²) in [6, 6.07) is 10.1. The van der Waals surface area contributed by atoms with Crippen LogP contribution in [0.3, 0.4) is 0 Å². The fourth-order valence-electron chi connectivity index (χ4n) is 4.49. The number of benzene rings is 2. The molecule has 2 aliphatic heterocycles. The van der Waals surface area contributed by atoms with Crippen LogP contribution in [0.2, 0.25) is 0 Å². The second-order valence-corrected chi connectivity index (χ2v) is 9.60. The molecule has 36 heavy (non-hydrogen) atoms. The van der Waals surface area contributed by atoms with Crippen LogP contribution in [0.15, 0.2) is 48.0 Å². The summed E-state index contributed by atoms with van der Waals surface area (Å²) >= 11 is 0.920. The van der Waals surface area contributed by atoms with Crippen LogP contribution < -0.4 is 9.64 Å². The fraction of sp³-hybridized carbons (Fsp3) is 0.231. The fourth-order valence-corrected chi connectivity index (χ4v) is 5.51. The van der Waals surface area contributed by atoms with Crippen LogP contribution in [0.5, 0.6) is 11.5 Å². The van der Waals surface area contributed by atoms with Gasteiger partial charge in [-0.1, -0.05) is 23.5 Å². The van der Waals surface area contributed by atoms with Gasteiger partial charge in [0.15, 0.2) is 5.13 Å². The summed E-state index contributed by atoms with van der Waals surface area (Å²) in [5.41, 5.74) is 1.96. The number of ketones is 1. The molecule has 1 aromatic heterocycles. The van der Waals surface area contributed by atoms with Crippen LogP contribution in [0.25, 0.3) is 5.76 Å². The van der Waals surface area contributed by atoms with E-state index in [1.54, 1.807) is 37.3 Å². The monoisotopic (exact) mass is 506 g/mol. The lowest BCUT2D eigenvalue weighted by Crippen LogP contribution is -2.29. The molecule has 10 heteroatoms. The van der Waals surface area contributed by atoms with E-state index in [1.807, 2.05) is 6.92 Å². The highest BCUT2D eigenvalue weighted by Crippen LogP contribution is 2.44. The number of amides is 1. The summed E-state index contributed by atoms with van der Waals surface area (Å²) in [4.78, 5) is 44.5. The van der Waals surface area contributed by atoms with Gasteiger partial charge in [0.05, 0.1) is 24.4 Å². The van der Waals surface area contributed by atoms with Gasteiger partial charge in [-0.05, 0) is 55.3 Å². The number of phenols is 1. The second-order valence-electron chi connectivity index (χ2n) is 8.62. The number of aryl methyl sites for hydroxylation is 1. The first kappa shape index (κ1) is 23.6. The molecule has 2 atom stereocenters. The lowest BCUT2D eigenvalue weighted by atomic mass is 9.94. The highest BCUT2D eigenvalue weighted by Gasteiger charge is 2.48. The first-order chi connectivity index (χ1) is 17.2. The van der Waals surface area contributed by atoms with Crippen LogP contribution in [0, 0.1) is 6.92 Å². The van der Waals surface area contributed by atoms with Crippen molar-refractivity contribution in [1.29, 1.82) is 0 Å². The number of carbonyl (C=O) groups excluding carboxylic acids is 3. The number of rotatable bonds is 4. The molecule has 2 unspecified atom stereocenters. The zero-order valence-electron chi connectivity index (χ0n) is 19.6. The number of anilines is 1. The number of aliphatic hydroxyl groups is 1. The van der Waals surface area contributed by atoms with E-state index in [-0.39, 0.29) is 33.2 Å². The number of methoxy groups -OCH3 is 1. The first-order valence-corrected chi connectivity index (χ1v) is 12.0. The van der Waals surface area contributed by atoms with Crippen LogP contribution in [-0.4, -0.2) is 46.1 Å². The highest BCUT2D eigenvalue weighted by molar-refractivity contribution is 7.17. The Bertz CT molecular complexity index is 1440. The maximum atomic E-state index is 13.3. The van der Waals surface area contributed by atoms with Crippen molar-refractivity contribution in [3.05, 3.63) is 75.3 Å². The number of hydrogen-bond acceptors (Lipinski definition) is 9. The van der Waals surface area contributed by atoms with E-state index >= 15 is 0 Å². The van der Waals surface area contributed by atoms with Gasteiger partial charge in [0.1, 0.15) is 28.2 Å². The standard InChI is InChI=1S/C26H22N2O7S/c1-12-10-16-11-15(6-9-18(16)35-12)21(30)19-20(14-4-7-17(29)8-5-14)28(24(32)22(19)31)26-27-13(2)23(36-26)25(33)34-3/h4-9,11-12,20,29-30H,10H2,1-3H3/b21-19+. The van der Waals surface area contributed by atoms with Crippen molar-refractivity contribution in [2.45, 2.75) is 32.4 Å². The van der Waals surface area contributed by atoms with Gasteiger partial charge in [0, 0.05) is 12.0 Å². The van der Waals surface area contributed by atoms with E-state index in [0.717, 1.165) is 16.9 Å². The average Bonchev–Trinajstić information content (AvgIpc) is 3.50. The Morgan fingerprint density at radius 1 is 1.19 bits per heavy atom. The molecule has 3 heterocycles. The summed E-state index contributed by atoms with van der Waals surface area (Å²) < 4.78 is 10.5. The van der Waals surface area contributed by atoms with Crippen molar-refractivity contribution in [2.75, 3.05) is 12.0 Å². The molecule has 1 amide bonds. The number of hydrogen-bond donors (Lipinski definition) is 2. The molecule has 2 N–H and O–H groups in total. The first-order valence-electron chi connectivity index (χ1n) is 11.1. The average molecular weight is 507 g/mol. The Balaban J connectivity index is 1.68. The number of thiazole rings is 1. The molecule has 0 aliphatic carbocycles. The predicted octanol–water partition coefficient (Wildman–Crippen LogP) is 3.89. The van der Waals surface area contributed by atoms with Gasteiger partial charge in [-0.2, -0.15) is 0 Å². The number of aromatic nitrogens is 1. The molecule has 2 aromatic carbocycles. The Morgan fingerprint density at radius 2 is 1.92 bits per heavy atom. The van der Waals surface area contributed by atoms with Gasteiger partial charge in [0.25, 0.3) is 5.78 Å². The number of nitrogens with zero attached hydrogens (tertiary/aromatic N) is 2. The minimum Gasteiger partial charge on any atom is -0.508 e. The van der Waals surface area contributed by atoms with Crippen LogP contribution in [0.4, 0.5) is 5.13 Å². The summed E-state index contributed by atoms with van der Waals surface area (Å²) in [6.45, 7) is 3.54. The van der Waals surface area contributed by atoms with Crippen molar-refractivity contribution in [3.63, 3.8) is 0 Å². The normalized spacial score (nSPS) is 20.4. The van der Waals surface area contributed by atoms with E-state index in [1.165, 1.54) is 24.1 Å². The molecule has 1 saturated heterocycles. The third-order valence-electron chi connectivity index (χ3n) is 6.18. The summed E-state index contributed by atoms with van der Waals surface area (Å²) in [5.74, 6) is -2.01. The lowest BCUT2D eigenvalue weighted by molar-refractivity contribution is -0.132. The molecule has 5 rings (SSSR count). The number of Topliss-reactive ketones (excluding diaryl/α,β-unsaturated/α-hetero) is 1. The van der Waals surface area contributed by atoms with Crippen LogP contribution >= 0.6 is 11.3 Å². The van der Waals surface area contributed by atoms with Gasteiger partial charge < -0.3 is 19.7 Å². The number of ether oxygens (including phenoxy) is 2. The number of fused-ring (bicyclic) bond motifs is 1. The molecule has 0 saturated carbocycles. The van der Waals surface area contributed by atoms with Crippen molar-refractivity contribution in [2.24, 2.45) is 0 Å². The van der Waals surface area contributed by atoms with E-state index in [0.29, 0.717) is 29.0 Å². The number of carbonyl (C=O) groups is 3. The molecule has 1 fully saturated rings. The third kappa shape index (κ3) is 3.79. The molecule has 3 aromatic rings. The minimum absolute atomic E-state index is 0.00140. The molecule has 2 aliphatic rings. The number of phenolic OH excluding ortho intramolecular Hbond substituents is 1. The zero-order chi connectivity index (χ0) is 25.7. The molecular weight excluding hydrogens is 484 g/mol. The molecule has 9 nitrogen and oxygen atoms in total. The Hall–Kier alpha value is -4.18. The Kier molecular flexibility index (Phi) is 5.76. The summed E-state index contributed by atoms with van der Waals surface area (Å²) in [5, 5.41) is 21.3. The largest absolute Gasteiger partial charge is 0.508 e. The number of aliphatic hydroxyl groups excluding tert-OH is 1. The highest BCUT2D eigenvalue weighted by atomic mass is 32.1. The molecule has 184 valence electrons. The quantitative estimate of drug-likeness (QED) is 0.236. The molecule has 0 radical (unpaired) electrons. The van der Waals surface area contributed by atoms with Crippen molar-refractivity contribution < 1.29 is 34.1 Å². The summed E-state index contributed by atoms with van der Waals surface area (Å²) in [6.07, 6.45) is 0.651. The Morgan fingerprint density at radius 3 is 2.61 bits per heavy atom. The predicted molar refractivity (Wildman–Crippen MR) is 131 cm³/mol. The van der Waals surface area contributed by atoms with Crippen LogP contribution in [-0.2, 0) is 20.7 Å². The van der Waals surface area contributed by atoms with E-state index in [4.69, 9.17) is 9.47 Å². The van der Waals surface area contributed by atoms with Crippen molar-refractivity contribution in [1.82, 2.24) is 4.98 Å². The Labute approximate surface area is 210 Å². The van der Waals surface area contributed by atoms with Gasteiger partial charge in [-0.3, -0.25) is 14.5 Å². The van der Waals surface area contributed by atoms with E-state index in [9.17, 15) is 24.6 Å². The SMILES string of the molecule is COC(=O)c1sc(N2C(=O)C(=O)/C(=C(/O)c3ccc4c(c3)CC(C)O4)C2c2ccc(O)cc2)nc1C. The van der Waals surface area contributed by atoms with E-state index < -0.39 is 23.7 Å². The van der Waals surface area contributed by atoms with Gasteiger partial charge in [-0.15, -0.1) is 0 Å². The van der Waals surface area contributed by atoms with Crippen molar-refractivity contribution in [3.8, 4) is 11.5 Å². The lowest BCUT2D eigenvalue weighted by Gasteiger charge is -2.23. The number of esters is 1. The molecule has 0 bridgehead atoms. The molecule has 0 spiro atoms. The zero-order valence-corrected chi connectivity index (χ0v) is 20.5. The second kappa shape index (κ2) is 8.80. The minimum atomic E-state index is -1.04. The number of aromatic hydroxyl groups is 1. The smallest absolute Gasteiger partial charge is 0.350 e. The van der Waals surface area contributed by atoms with Gasteiger partial charge in [0.2, 0.25) is 0 Å². The topological polar surface area (TPSA) is 126 Å². The van der Waals surface area contributed by atoms with Gasteiger partial charge >= 0.3 is 11.9 Å². The van der Waals surface area contributed by atoms with Crippen LogP contribution in [0.1, 0.15) is 45.0 Å².